The molecule has 0 aromatic carbocycles. The van der Waals surface area contributed by atoms with E-state index in [9.17, 15) is 10.2 Å². The molecule has 1 rings (SSSR count). The van der Waals surface area contributed by atoms with Crippen molar-refractivity contribution in [2.45, 2.75) is 23.7 Å². The van der Waals surface area contributed by atoms with Gasteiger partial charge in [0.15, 0.2) is 0 Å². The van der Waals surface area contributed by atoms with Gasteiger partial charge in [0.2, 0.25) is 0 Å². The summed E-state index contributed by atoms with van der Waals surface area (Å²) in [6.07, 6.45) is -3.62. The summed E-state index contributed by atoms with van der Waals surface area (Å²) in [5.41, 5.74) is 0. The maximum atomic E-state index is 9.51. The van der Waals surface area contributed by atoms with E-state index in [2.05, 4.69) is 5.32 Å². The van der Waals surface area contributed by atoms with Crippen molar-refractivity contribution in [3.05, 3.63) is 0 Å². The van der Waals surface area contributed by atoms with E-state index in [4.69, 9.17) is 10.2 Å². The molecular weight excluding hydrogens is 194 g/mol. The van der Waals surface area contributed by atoms with Gasteiger partial charge in [-0.15, -0.1) is 11.8 Å². The minimum absolute atomic E-state index is 0.254. The van der Waals surface area contributed by atoms with E-state index >= 15 is 0 Å². The second-order valence-electron chi connectivity index (χ2n) is 2.98. The van der Waals surface area contributed by atoms with Crippen molar-refractivity contribution in [1.29, 1.82) is 0 Å². The lowest BCUT2D eigenvalue weighted by molar-refractivity contribution is -0.0777. The summed E-state index contributed by atoms with van der Waals surface area (Å²) >= 11 is 1.49. The monoisotopic (exact) mass is 209 g/mol. The van der Waals surface area contributed by atoms with Gasteiger partial charge in [0.05, 0.1) is 12.0 Å². The zero-order valence-corrected chi connectivity index (χ0v) is 7.94. The van der Waals surface area contributed by atoms with Crippen LogP contribution in [0.15, 0.2) is 0 Å². The number of hydrogen-bond acceptors (Lipinski definition) is 6. The molecule has 5 N–H and O–H groups in total. The second kappa shape index (κ2) is 5.14. The van der Waals surface area contributed by atoms with Crippen LogP contribution in [0.2, 0.25) is 0 Å². The number of nitrogens with one attached hydrogen (secondary N) is 1. The highest BCUT2D eigenvalue weighted by Gasteiger charge is 2.32. The van der Waals surface area contributed by atoms with Gasteiger partial charge >= 0.3 is 0 Å². The predicted octanol–water partition coefficient (Wildman–Crippen LogP) is -2.28. The Balaban J connectivity index is 2.40. The average molecular weight is 209 g/mol. The summed E-state index contributed by atoms with van der Waals surface area (Å²) in [7, 11) is 0. The standard InChI is InChI=1S/C7H15NO4S/c9-3-4(10)5(11)6(12)7-8-1-2-13-7/h4-12H,1-3H2/t4-,5-,6-,7-/m0/s1. The molecule has 6 heteroatoms. The molecule has 78 valence electrons. The highest BCUT2D eigenvalue weighted by Crippen LogP contribution is 2.20. The van der Waals surface area contributed by atoms with Crippen LogP contribution in [0.5, 0.6) is 0 Å². The third-order valence-corrected chi connectivity index (χ3v) is 3.23. The molecule has 1 aliphatic heterocycles. The highest BCUT2D eigenvalue weighted by atomic mass is 32.2. The molecule has 13 heavy (non-hydrogen) atoms. The fraction of sp³-hybridized carbons (Fsp3) is 1.00. The molecule has 0 saturated carbocycles. The highest BCUT2D eigenvalue weighted by molar-refractivity contribution is 8.00. The van der Waals surface area contributed by atoms with E-state index in [1.165, 1.54) is 11.8 Å². The zero-order valence-electron chi connectivity index (χ0n) is 7.13. The van der Waals surface area contributed by atoms with Gasteiger partial charge < -0.3 is 25.7 Å². The number of aliphatic hydroxyl groups excluding tert-OH is 4. The van der Waals surface area contributed by atoms with Gasteiger partial charge in [0.25, 0.3) is 0 Å². The Morgan fingerprint density at radius 3 is 2.54 bits per heavy atom. The van der Waals surface area contributed by atoms with Crippen molar-refractivity contribution in [2.75, 3.05) is 18.9 Å². The minimum Gasteiger partial charge on any atom is -0.394 e. The van der Waals surface area contributed by atoms with E-state index in [0.29, 0.717) is 0 Å². The largest absolute Gasteiger partial charge is 0.394 e. The SMILES string of the molecule is OC[C@H](O)[C@H](O)[C@H](O)[C@H]1NCCS1. The zero-order chi connectivity index (χ0) is 9.84. The van der Waals surface area contributed by atoms with Gasteiger partial charge in [-0.25, -0.2) is 0 Å². The third kappa shape index (κ3) is 2.80. The smallest absolute Gasteiger partial charge is 0.110 e. The normalized spacial score (nSPS) is 30.0. The van der Waals surface area contributed by atoms with Crippen molar-refractivity contribution in [3.63, 3.8) is 0 Å². The Hall–Kier alpha value is 0.150. The quantitative estimate of drug-likeness (QED) is 0.358. The third-order valence-electron chi connectivity index (χ3n) is 1.99. The van der Waals surface area contributed by atoms with Crippen molar-refractivity contribution in [3.8, 4) is 0 Å². The number of aliphatic hydroxyl groups is 4. The summed E-state index contributed by atoms with van der Waals surface area (Å²) in [6.45, 7) is 0.240. The van der Waals surface area contributed by atoms with Gasteiger partial charge in [-0.05, 0) is 0 Å². The summed E-state index contributed by atoms with van der Waals surface area (Å²) in [4.78, 5) is 0. The summed E-state index contributed by atoms with van der Waals surface area (Å²) in [6, 6.07) is 0. The lowest BCUT2D eigenvalue weighted by atomic mass is 10.1. The first-order valence-corrected chi connectivity index (χ1v) is 5.21. The van der Waals surface area contributed by atoms with E-state index < -0.39 is 24.9 Å². The van der Waals surface area contributed by atoms with Gasteiger partial charge in [0, 0.05) is 12.3 Å². The topological polar surface area (TPSA) is 93.0 Å². The predicted molar refractivity (Wildman–Crippen MR) is 49.4 cm³/mol. The van der Waals surface area contributed by atoms with Crippen molar-refractivity contribution in [2.24, 2.45) is 0 Å². The maximum absolute atomic E-state index is 9.51. The molecule has 0 unspecified atom stereocenters. The molecule has 0 aromatic rings. The van der Waals surface area contributed by atoms with Crippen LogP contribution in [-0.4, -0.2) is 63.0 Å². The van der Waals surface area contributed by atoms with Crippen LogP contribution in [0.25, 0.3) is 0 Å². The Morgan fingerprint density at radius 1 is 1.38 bits per heavy atom. The molecule has 1 saturated heterocycles. The maximum Gasteiger partial charge on any atom is 0.110 e. The number of thioether (sulfide) groups is 1. The Kier molecular flexibility index (Phi) is 4.43. The molecule has 0 bridgehead atoms. The molecule has 0 spiro atoms. The molecular formula is C7H15NO4S. The fourth-order valence-electron chi connectivity index (χ4n) is 1.18. The van der Waals surface area contributed by atoms with Crippen LogP contribution in [-0.2, 0) is 0 Å². The second-order valence-corrected chi connectivity index (χ2v) is 4.23. The van der Waals surface area contributed by atoms with Crippen LogP contribution < -0.4 is 5.32 Å². The summed E-state index contributed by atoms with van der Waals surface area (Å²) < 4.78 is 0. The minimum atomic E-state index is -1.30. The van der Waals surface area contributed by atoms with Gasteiger partial charge in [0.1, 0.15) is 18.3 Å². The molecule has 1 heterocycles. The first-order chi connectivity index (χ1) is 6.16. The van der Waals surface area contributed by atoms with Crippen LogP contribution in [0, 0.1) is 0 Å². The Labute approximate surface area is 80.8 Å². The van der Waals surface area contributed by atoms with E-state index in [1.54, 1.807) is 0 Å². The van der Waals surface area contributed by atoms with E-state index in [-0.39, 0.29) is 5.37 Å². The molecule has 0 aliphatic carbocycles. The molecule has 1 aliphatic rings. The summed E-state index contributed by atoms with van der Waals surface area (Å²) in [5, 5.41) is 39.2. The lowest BCUT2D eigenvalue weighted by Crippen LogP contribution is -2.47. The molecule has 5 nitrogen and oxygen atoms in total. The fourth-order valence-corrected chi connectivity index (χ4v) is 2.26. The first kappa shape index (κ1) is 11.2. The van der Waals surface area contributed by atoms with Gasteiger partial charge in [-0.1, -0.05) is 0 Å². The number of hydrogen-bond donors (Lipinski definition) is 5. The molecule has 4 atom stereocenters. The molecule has 0 amide bonds. The Morgan fingerprint density at radius 2 is 2.08 bits per heavy atom. The Bertz CT molecular complexity index is 153. The first-order valence-electron chi connectivity index (χ1n) is 4.17. The van der Waals surface area contributed by atoms with E-state index in [0.717, 1.165) is 12.3 Å². The molecule has 0 aromatic heterocycles. The summed E-state index contributed by atoms with van der Waals surface area (Å²) in [5.74, 6) is 0.879. The molecule has 0 radical (unpaired) electrons. The van der Waals surface area contributed by atoms with Crippen molar-refractivity contribution in [1.82, 2.24) is 5.32 Å². The molecule has 1 fully saturated rings. The lowest BCUT2D eigenvalue weighted by Gasteiger charge is -2.25. The van der Waals surface area contributed by atoms with Crippen molar-refractivity contribution < 1.29 is 20.4 Å². The van der Waals surface area contributed by atoms with E-state index in [1.807, 2.05) is 0 Å². The van der Waals surface area contributed by atoms with Crippen LogP contribution in [0.3, 0.4) is 0 Å². The average Bonchev–Trinajstić information content (AvgIpc) is 2.67. The van der Waals surface area contributed by atoms with Gasteiger partial charge in [-0.2, -0.15) is 0 Å². The van der Waals surface area contributed by atoms with Crippen LogP contribution >= 0.6 is 11.8 Å². The van der Waals surface area contributed by atoms with Crippen molar-refractivity contribution >= 4 is 11.8 Å². The van der Waals surface area contributed by atoms with Crippen LogP contribution in [0.1, 0.15) is 0 Å². The van der Waals surface area contributed by atoms with Crippen LogP contribution in [0.4, 0.5) is 0 Å². The van der Waals surface area contributed by atoms with Gasteiger partial charge in [-0.3, -0.25) is 0 Å². The number of rotatable bonds is 4.